The van der Waals surface area contributed by atoms with Gasteiger partial charge < -0.3 is 15.1 Å². The van der Waals surface area contributed by atoms with Gasteiger partial charge in [0.15, 0.2) is 0 Å². The van der Waals surface area contributed by atoms with Crippen LogP contribution in [0.15, 0.2) is 41.8 Å². The maximum absolute atomic E-state index is 12.2. The van der Waals surface area contributed by atoms with Gasteiger partial charge in [0.1, 0.15) is 0 Å². The topological polar surface area (TPSA) is 36.8 Å². The van der Waals surface area contributed by atoms with E-state index in [0.29, 0.717) is 5.02 Å². The third-order valence-corrected chi connectivity index (χ3v) is 5.19. The molecule has 1 saturated heterocycles. The number of hydrogen-bond acceptors (Lipinski definition) is 3. The second-order valence-corrected chi connectivity index (χ2v) is 7.36. The minimum Gasteiger partial charge on any atom is -0.359 e. The Morgan fingerprint density at radius 1 is 1.33 bits per heavy atom. The van der Waals surface area contributed by atoms with Gasteiger partial charge in [-0.25, -0.2) is 0 Å². The molecule has 2 N–H and O–H groups in total. The molecule has 24 heavy (non-hydrogen) atoms. The molecular weight excluding hydrogens is 342 g/mol. The van der Waals surface area contributed by atoms with E-state index in [1.807, 2.05) is 41.8 Å². The van der Waals surface area contributed by atoms with Crippen LogP contribution >= 0.6 is 22.9 Å². The number of hydrogen-bond donors (Lipinski definition) is 2. The monoisotopic (exact) mass is 362 g/mol. The highest BCUT2D eigenvalue weighted by molar-refractivity contribution is 7.10. The van der Waals surface area contributed by atoms with Crippen LogP contribution in [0.25, 0.3) is 6.08 Å². The van der Waals surface area contributed by atoms with E-state index in [0.717, 1.165) is 42.4 Å². The number of amides is 1. The highest BCUT2D eigenvalue weighted by Gasteiger charge is 2.20. The molecule has 1 amide bonds. The minimum absolute atomic E-state index is 0.147. The Bertz CT molecular complexity index is 722. The summed E-state index contributed by atoms with van der Waals surface area (Å²) in [4.78, 5) is 17.1. The second kappa shape index (κ2) is 7.83. The van der Waals surface area contributed by atoms with E-state index in [9.17, 15) is 4.79 Å². The van der Waals surface area contributed by atoms with Crippen LogP contribution in [0.2, 0.25) is 5.02 Å². The van der Waals surface area contributed by atoms with E-state index in [1.54, 1.807) is 17.4 Å². The van der Waals surface area contributed by atoms with Crippen LogP contribution in [0, 0.1) is 0 Å². The zero-order valence-electron chi connectivity index (χ0n) is 13.6. The molecule has 6 heteroatoms. The predicted molar refractivity (Wildman–Crippen MR) is 102 cm³/mol. The lowest BCUT2D eigenvalue weighted by Crippen LogP contribution is -3.12. The van der Waals surface area contributed by atoms with Crippen molar-refractivity contribution in [3.63, 3.8) is 0 Å². The molecule has 0 aliphatic carbocycles. The summed E-state index contributed by atoms with van der Waals surface area (Å²) < 4.78 is 0. The average Bonchev–Trinajstić information content (AvgIpc) is 3.08. The van der Waals surface area contributed by atoms with Gasteiger partial charge in [0.2, 0.25) is 5.91 Å². The Kier molecular flexibility index (Phi) is 5.56. The minimum atomic E-state index is -0.147. The fourth-order valence-electron chi connectivity index (χ4n) is 2.73. The van der Waals surface area contributed by atoms with Crippen molar-refractivity contribution in [2.75, 3.05) is 43.4 Å². The smallest absolute Gasteiger partial charge is 0.248 e. The van der Waals surface area contributed by atoms with Gasteiger partial charge in [0.05, 0.1) is 44.6 Å². The summed E-state index contributed by atoms with van der Waals surface area (Å²) >= 11 is 7.73. The number of thiophene rings is 1. The molecule has 2 aromatic rings. The van der Waals surface area contributed by atoms with Crippen LogP contribution in [-0.4, -0.2) is 39.1 Å². The third-order valence-electron chi connectivity index (χ3n) is 4.12. The maximum Gasteiger partial charge on any atom is 0.248 e. The van der Waals surface area contributed by atoms with E-state index < -0.39 is 0 Å². The van der Waals surface area contributed by atoms with E-state index in [2.05, 4.69) is 17.3 Å². The van der Waals surface area contributed by atoms with Crippen molar-refractivity contribution < 1.29 is 9.69 Å². The number of rotatable bonds is 4. The van der Waals surface area contributed by atoms with Crippen LogP contribution in [0.4, 0.5) is 11.4 Å². The second-order valence-electron chi connectivity index (χ2n) is 5.94. The Morgan fingerprint density at radius 3 is 2.83 bits per heavy atom. The first-order valence-electron chi connectivity index (χ1n) is 8.00. The molecule has 0 saturated carbocycles. The highest BCUT2D eigenvalue weighted by atomic mass is 35.5. The van der Waals surface area contributed by atoms with Crippen LogP contribution < -0.4 is 15.1 Å². The molecule has 0 radical (unpaired) electrons. The van der Waals surface area contributed by atoms with Crippen LogP contribution in [-0.2, 0) is 4.79 Å². The van der Waals surface area contributed by atoms with Gasteiger partial charge in [-0.05, 0) is 35.7 Å². The number of anilines is 2. The van der Waals surface area contributed by atoms with E-state index in [4.69, 9.17) is 11.6 Å². The summed E-state index contributed by atoms with van der Waals surface area (Å²) in [6.07, 6.45) is 3.38. The average molecular weight is 363 g/mol. The predicted octanol–water partition coefficient (Wildman–Crippen LogP) is 2.39. The molecule has 1 aromatic heterocycles. The molecule has 1 aliphatic rings. The quantitative estimate of drug-likeness (QED) is 0.819. The molecule has 1 aliphatic heterocycles. The van der Waals surface area contributed by atoms with Crippen molar-refractivity contribution in [3.05, 3.63) is 51.7 Å². The van der Waals surface area contributed by atoms with Crippen LogP contribution in [0.1, 0.15) is 4.88 Å². The Labute approximate surface area is 151 Å². The molecule has 0 atom stereocenters. The Balaban J connectivity index is 1.74. The van der Waals surface area contributed by atoms with Crippen molar-refractivity contribution in [2.45, 2.75) is 0 Å². The first-order chi connectivity index (χ1) is 11.6. The number of likely N-dealkylation sites (N-methyl/N-ethyl adjacent to an activating group) is 1. The summed E-state index contributed by atoms with van der Waals surface area (Å²) in [5, 5.41) is 5.58. The molecule has 1 fully saturated rings. The lowest BCUT2D eigenvalue weighted by atomic mass is 10.2. The summed E-state index contributed by atoms with van der Waals surface area (Å²) in [6, 6.07) is 9.62. The molecule has 1 aromatic carbocycles. The number of benzene rings is 1. The third kappa shape index (κ3) is 4.38. The fraction of sp³-hybridized carbons (Fsp3) is 0.278. The van der Waals surface area contributed by atoms with Gasteiger partial charge in [0.25, 0.3) is 0 Å². The zero-order valence-corrected chi connectivity index (χ0v) is 15.2. The number of piperazine rings is 1. The van der Waals surface area contributed by atoms with Crippen molar-refractivity contribution in [3.8, 4) is 0 Å². The first-order valence-corrected chi connectivity index (χ1v) is 9.26. The number of nitrogens with zero attached hydrogens (tertiary/aromatic N) is 1. The molecule has 0 spiro atoms. The summed E-state index contributed by atoms with van der Waals surface area (Å²) in [6.45, 7) is 4.13. The number of carbonyl (C=O) groups is 1. The van der Waals surface area contributed by atoms with Crippen LogP contribution in [0.5, 0.6) is 0 Å². The molecular formula is C18H21ClN3OS+. The molecule has 4 nitrogen and oxygen atoms in total. The molecule has 2 heterocycles. The van der Waals surface area contributed by atoms with E-state index in [-0.39, 0.29) is 5.91 Å². The van der Waals surface area contributed by atoms with Gasteiger partial charge in [-0.3, -0.25) is 4.79 Å². The summed E-state index contributed by atoms with van der Waals surface area (Å²) in [5.41, 5.74) is 1.80. The molecule has 0 unspecified atom stereocenters. The fourth-order valence-corrected chi connectivity index (χ4v) is 3.52. The van der Waals surface area contributed by atoms with Crippen molar-refractivity contribution >= 4 is 46.3 Å². The molecule has 3 rings (SSSR count). The van der Waals surface area contributed by atoms with Gasteiger partial charge >= 0.3 is 0 Å². The lowest BCUT2D eigenvalue weighted by molar-refractivity contribution is -0.880. The van der Waals surface area contributed by atoms with E-state index in [1.165, 1.54) is 4.90 Å². The SMILES string of the molecule is C[NH+]1CCN(c2ccc(Cl)cc2NC(=O)/C=C/c2cccs2)CC1. The zero-order chi connectivity index (χ0) is 16.9. The van der Waals surface area contributed by atoms with Gasteiger partial charge in [-0.15, -0.1) is 11.3 Å². The standard InChI is InChI=1S/C18H20ClN3OS/c1-21-8-10-22(11-9-21)17-6-4-14(19)13-16(17)20-18(23)7-5-15-3-2-12-24-15/h2-7,12-13H,8-11H2,1H3,(H,20,23)/p+1/b7-5+. The van der Waals surface area contributed by atoms with Crippen molar-refractivity contribution in [2.24, 2.45) is 0 Å². The normalized spacial score (nSPS) is 15.8. The number of nitrogens with one attached hydrogen (secondary N) is 2. The molecule has 0 bridgehead atoms. The Hall–Kier alpha value is -1.82. The largest absolute Gasteiger partial charge is 0.359 e. The summed E-state index contributed by atoms with van der Waals surface area (Å²) in [5.74, 6) is -0.147. The van der Waals surface area contributed by atoms with Gasteiger partial charge in [0, 0.05) is 16.0 Å². The molecule has 126 valence electrons. The number of halogens is 1. The van der Waals surface area contributed by atoms with E-state index >= 15 is 0 Å². The number of quaternary nitrogens is 1. The van der Waals surface area contributed by atoms with Crippen molar-refractivity contribution in [1.82, 2.24) is 0 Å². The highest BCUT2D eigenvalue weighted by Crippen LogP contribution is 2.29. The van der Waals surface area contributed by atoms with Gasteiger partial charge in [-0.2, -0.15) is 0 Å². The summed E-state index contributed by atoms with van der Waals surface area (Å²) in [7, 11) is 2.21. The van der Waals surface area contributed by atoms with Crippen molar-refractivity contribution in [1.29, 1.82) is 0 Å². The Morgan fingerprint density at radius 2 is 2.12 bits per heavy atom. The van der Waals surface area contributed by atoms with Crippen LogP contribution in [0.3, 0.4) is 0 Å². The lowest BCUT2D eigenvalue weighted by Gasteiger charge is -2.33. The number of carbonyl (C=O) groups excluding carboxylic acids is 1. The first kappa shape index (κ1) is 17.0. The maximum atomic E-state index is 12.2. The van der Waals surface area contributed by atoms with Gasteiger partial charge in [-0.1, -0.05) is 17.7 Å².